The van der Waals surface area contributed by atoms with Crippen LogP contribution in [0.2, 0.25) is 0 Å². The van der Waals surface area contributed by atoms with Crippen LogP contribution >= 0.6 is 15.9 Å². The molecule has 0 spiro atoms. The molecule has 0 fully saturated rings. The molecule has 0 bridgehead atoms. The Balaban J connectivity index is 1.94. The molecule has 0 radical (unpaired) electrons. The molecule has 1 N–H and O–H groups in total. The van der Waals surface area contributed by atoms with Gasteiger partial charge in [0, 0.05) is 15.7 Å². The highest BCUT2D eigenvalue weighted by atomic mass is 79.9. The predicted octanol–water partition coefficient (Wildman–Crippen LogP) is 5.07. The van der Waals surface area contributed by atoms with Gasteiger partial charge in [-0.3, -0.25) is 4.79 Å². The number of carbonyl (C=O) groups excluding carboxylic acids is 1. The number of hydrogen-bond acceptors (Lipinski definition) is 5. The van der Waals surface area contributed by atoms with Crippen molar-refractivity contribution in [3.05, 3.63) is 94.0 Å². The van der Waals surface area contributed by atoms with E-state index in [0.717, 1.165) is 5.56 Å². The van der Waals surface area contributed by atoms with E-state index in [2.05, 4.69) is 21.2 Å². The summed E-state index contributed by atoms with van der Waals surface area (Å²) in [6.07, 6.45) is 1.28. The molecule has 8 heteroatoms. The summed E-state index contributed by atoms with van der Waals surface area (Å²) < 4.78 is 31.1. The number of nitrogens with zero attached hydrogens (tertiary/aromatic N) is 1. The number of hydrogen-bond donors (Lipinski definition) is 1. The maximum Gasteiger partial charge on any atom is 0.339 e. The molecule has 0 aromatic heterocycles. The van der Waals surface area contributed by atoms with Gasteiger partial charge in [0.15, 0.2) is 0 Å². The van der Waals surface area contributed by atoms with E-state index in [4.69, 9.17) is 4.18 Å². The Morgan fingerprint density at radius 3 is 2.48 bits per heavy atom. The second kappa shape index (κ2) is 9.60. The number of carbonyl (C=O) groups is 1. The smallest absolute Gasteiger partial charge is 0.339 e. The van der Waals surface area contributed by atoms with Crippen LogP contribution in [0.5, 0.6) is 5.75 Å². The average molecular weight is 497 g/mol. The van der Waals surface area contributed by atoms with E-state index in [9.17, 15) is 18.5 Å². The fourth-order valence-electron chi connectivity index (χ4n) is 2.69. The summed E-state index contributed by atoms with van der Waals surface area (Å²) in [5.41, 5.74) is 1.55. The van der Waals surface area contributed by atoms with E-state index in [0.29, 0.717) is 10.2 Å². The van der Waals surface area contributed by atoms with Crippen molar-refractivity contribution in [3.63, 3.8) is 0 Å². The van der Waals surface area contributed by atoms with E-state index in [1.807, 2.05) is 19.1 Å². The van der Waals surface area contributed by atoms with Crippen molar-refractivity contribution in [3.8, 4) is 11.8 Å². The maximum absolute atomic E-state index is 12.6. The number of nitrogens with one attached hydrogen (secondary N) is 1. The van der Waals surface area contributed by atoms with Crippen molar-refractivity contribution in [1.29, 1.82) is 5.26 Å². The van der Waals surface area contributed by atoms with E-state index in [1.54, 1.807) is 48.5 Å². The van der Waals surface area contributed by atoms with Crippen molar-refractivity contribution < 1.29 is 17.4 Å². The lowest BCUT2D eigenvalue weighted by Gasteiger charge is -2.11. The van der Waals surface area contributed by atoms with Crippen LogP contribution in [0.3, 0.4) is 0 Å². The molecule has 0 heterocycles. The van der Waals surface area contributed by atoms with Gasteiger partial charge in [-0.15, -0.1) is 0 Å². The molecular formula is C23H17BrN2O4S. The Labute approximate surface area is 189 Å². The van der Waals surface area contributed by atoms with Crippen LogP contribution in [0.4, 0.5) is 5.69 Å². The average Bonchev–Trinajstić information content (AvgIpc) is 2.74. The molecule has 0 aliphatic heterocycles. The number of nitriles is 1. The molecule has 6 nitrogen and oxygen atoms in total. The van der Waals surface area contributed by atoms with E-state index in [-0.39, 0.29) is 21.8 Å². The highest BCUT2D eigenvalue weighted by molar-refractivity contribution is 9.10. The largest absolute Gasteiger partial charge is 0.378 e. The number of anilines is 1. The van der Waals surface area contributed by atoms with Gasteiger partial charge in [-0.2, -0.15) is 13.7 Å². The number of halogens is 1. The third kappa shape index (κ3) is 5.81. The lowest BCUT2D eigenvalue weighted by atomic mass is 10.1. The Morgan fingerprint density at radius 2 is 1.81 bits per heavy atom. The molecule has 0 saturated carbocycles. The SMILES string of the molecule is Cc1cccc(NC(=O)/C(C#N)=C/c2cc(Br)ccc2OS(=O)(=O)c2ccccc2)c1. The van der Waals surface area contributed by atoms with Gasteiger partial charge >= 0.3 is 10.1 Å². The number of rotatable bonds is 6. The second-order valence-electron chi connectivity index (χ2n) is 6.53. The van der Waals surface area contributed by atoms with Crippen LogP contribution in [0.25, 0.3) is 6.08 Å². The number of benzene rings is 3. The minimum atomic E-state index is -4.09. The zero-order valence-electron chi connectivity index (χ0n) is 16.4. The molecule has 3 rings (SSSR count). The molecular weight excluding hydrogens is 480 g/mol. The zero-order chi connectivity index (χ0) is 22.4. The molecule has 0 aliphatic carbocycles. The van der Waals surface area contributed by atoms with Gasteiger partial charge in [0.25, 0.3) is 5.91 Å². The monoisotopic (exact) mass is 496 g/mol. The van der Waals surface area contributed by atoms with E-state index in [1.165, 1.54) is 24.3 Å². The first-order valence-electron chi connectivity index (χ1n) is 9.07. The highest BCUT2D eigenvalue weighted by Crippen LogP contribution is 2.28. The second-order valence-corrected chi connectivity index (χ2v) is 8.99. The molecule has 1 amide bonds. The number of amides is 1. The van der Waals surface area contributed by atoms with Gasteiger partial charge in [-0.05, 0) is 61.0 Å². The lowest BCUT2D eigenvalue weighted by Crippen LogP contribution is -2.14. The van der Waals surface area contributed by atoms with Crippen LogP contribution in [0.15, 0.2) is 87.7 Å². The fourth-order valence-corrected chi connectivity index (χ4v) is 4.04. The predicted molar refractivity (Wildman–Crippen MR) is 122 cm³/mol. The third-order valence-electron chi connectivity index (χ3n) is 4.14. The van der Waals surface area contributed by atoms with Gasteiger partial charge in [0.05, 0.1) is 0 Å². The van der Waals surface area contributed by atoms with E-state index >= 15 is 0 Å². The first-order valence-corrected chi connectivity index (χ1v) is 11.3. The Kier molecular flexibility index (Phi) is 6.90. The first-order chi connectivity index (χ1) is 14.8. The van der Waals surface area contributed by atoms with Gasteiger partial charge in [-0.25, -0.2) is 0 Å². The van der Waals surface area contributed by atoms with Crippen molar-refractivity contribution >= 4 is 43.7 Å². The van der Waals surface area contributed by atoms with Gasteiger partial charge in [0.2, 0.25) is 0 Å². The summed E-state index contributed by atoms with van der Waals surface area (Å²) in [7, 11) is -4.09. The van der Waals surface area contributed by atoms with Gasteiger partial charge in [-0.1, -0.05) is 46.3 Å². The van der Waals surface area contributed by atoms with E-state index < -0.39 is 16.0 Å². The minimum Gasteiger partial charge on any atom is -0.378 e. The van der Waals surface area contributed by atoms with Crippen LogP contribution in [-0.4, -0.2) is 14.3 Å². The molecule has 156 valence electrons. The highest BCUT2D eigenvalue weighted by Gasteiger charge is 2.19. The topological polar surface area (TPSA) is 96.3 Å². The van der Waals surface area contributed by atoms with Crippen LogP contribution in [0, 0.1) is 18.3 Å². The molecule has 3 aromatic carbocycles. The van der Waals surface area contributed by atoms with Crippen LogP contribution in [0.1, 0.15) is 11.1 Å². The van der Waals surface area contributed by atoms with Gasteiger partial charge in [0.1, 0.15) is 22.3 Å². The standard InChI is InChI=1S/C23H17BrN2O4S/c1-16-6-5-7-20(12-16)26-23(27)18(15-25)13-17-14-19(24)10-11-22(17)30-31(28,29)21-8-3-2-4-9-21/h2-14H,1H3,(H,26,27)/b18-13+. The molecule has 0 atom stereocenters. The Hall–Kier alpha value is -3.41. The molecule has 0 aliphatic rings. The third-order valence-corrected chi connectivity index (χ3v) is 5.89. The quantitative estimate of drug-likeness (QED) is 0.292. The summed E-state index contributed by atoms with van der Waals surface area (Å²) in [6, 6.07) is 21.3. The normalized spacial score (nSPS) is 11.5. The van der Waals surface area contributed by atoms with Crippen molar-refractivity contribution in [2.45, 2.75) is 11.8 Å². The van der Waals surface area contributed by atoms with Crippen molar-refractivity contribution in [2.75, 3.05) is 5.32 Å². The lowest BCUT2D eigenvalue weighted by molar-refractivity contribution is -0.112. The summed E-state index contributed by atoms with van der Waals surface area (Å²) in [6.45, 7) is 1.88. The summed E-state index contributed by atoms with van der Waals surface area (Å²) in [4.78, 5) is 12.6. The zero-order valence-corrected chi connectivity index (χ0v) is 18.8. The number of aryl methyl sites for hydroxylation is 1. The van der Waals surface area contributed by atoms with Crippen molar-refractivity contribution in [1.82, 2.24) is 0 Å². The van der Waals surface area contributed by atoms with Crippen LogP contribution in [-0.2, 0) is 14.9 Å². The van der Waals surface area contributed by atoms with Crippen molar-refractivity contribution in [2.24, 2.45) is 0 Å². The summed E-state index contributed by atoms with van der Waals surface area (Å²) in [5, 5.41) is 12.2. The molecule has 31 heavy (non-hydrogen) atoms. The summed E-state index contributed by atoms with van der Waals surface area (Å²) >= 11 is 3.31. The molecule has 0 saturated heterocycles. The molecule has 0 unspecified atom stereocenters. The molecule has 3 aromatic rings. The minimum absolute atomic E-state index is 0.00875. The Bertz CT molecular complexity index is 1300. The first kappa shape index (κ1) is 22.3. The maximum atomic E-state index is 12.6. The van der Waals surface area contributed by atoms with Crippen LogP contribution < -0.4 is 9.50 Å². The Morgan fingerprint density at radius 1 is 1.06 bits per heavy atom. The summed E-state index contributed by atoms with van der Waals surface area (Å²) in [5.74, 6) is -0.631. The fraction of sp³-hybridized carbons (Fsp3) is 0.0435. The van der Waals surface area contributed by atoms with Gasteiger partial charge < -0.3 is 9.50 Å².